The molecule has 2 unspecified atom stereocenters. The molecule has 0 spiro atoms. The second-order valence-corrected chi connectivity index (χ2v) is 6.31. The Kier molecular flexibility index (Phi) is 4.57. The number of hydrogen-bond acceptors (Lipinski definition) is 4. The Labute approximate surface area is 131 Å². The number of rotatable bonds is 4. The van der Waals surface area contributed by atoms with Crippen LogP contribution in [0.25, 0.3) is 0 Å². The summed E-state index contributed by atoms with van der Waals surface area (Å²) in [6, 6.07) is 5.32. The minimum atomic E-state index is 0.631. The van der Waals surface area contributed by atoms with E-state index >= 15 is 0 Å². The largest absolute Gasteiger partial charge is 0.493 e. The molecule has 2 saturated heterocycles. The minimum absolute atomic E-state index is 0.631. The van der Waals surface area contributed by atoms with E-state index in [1.54, 1.807) is 14.2 Å². The van der Waals surface area contributed by atoms with Gasteiger partial charge >= 0.3 is 0 Å². The van der Waals surface area contributed by atoms with E-state index in [0.717, 1.165) is 25.2 Å². The first-order chi connectivity index (χ1) is 10.2. The third kappa shape index (κ3) is 3.12. The highest BCUT2D eigenvalue weighted by Gasteiger charge is 2.29. The van der Waals surface area contributed by atoms with Crippen molar-refractivity contribution in [2.45, 2.75) is 37.9 Å². The van der Waals surface area contributed by atoms with Gasteiger partial charge in [0.1, 0.15) is 0 Å². The molecular weight excluding hydrogens is 288 g/mol. The molecule has 4 nitrogen and oxygen atoms in total. The highest BCUT2D eigenvalue weighted by Crippen LogP contribution is 2.38. The number of nitrogens with one attached hydrogen (secondary N) is 1. The molecule has 0 aromatic heterocycles. The van der Waals surface area contributed by atoms with E-state index in [9.17, 15) is 0 Å². The summed E-state index contributed by atoms with van der Waals surface area (Å²) in [6.07, 6.45) is 3.85. The normalized spacial score (nSPS) is 25.7. The van der Waals surface area contributed by atoms with E-state index in [2.05, 4.69) is 10.2 Å². The van der Waals surface area contributed by atoms with Crippen LogP contribution in [0.3, 0.4) is 0 Å². The molecule has 1 aromatic carbocycles. The zero-order chi connectivity index (χ0) is 14.8. The van der Waals surface area contributed by atoms with Gasteiger partial charge in [0.2, 0.25) is 0 Å². The zero-order valence-electron chi connectivity index (χ0n) is 12.7. The summed E-state index contributed by atoms with van der Waals surface area (Å²) in [6.45, 7) is 3.09. The standard InChI is InChI=1S/C16H23ClN2O2/c1-20-14-6-3-11(15(17)16(14)21-2)9-19-8-7-12-4-5-13(10-19)18-12/h3,6,12-13,18H,4-5,7-10H2,1-2H3. The molecule has 5 heteroatoms. The fourth-order valence-electron chi connectivity index (χ4n) is 3.45. The Bertz CT molecular complexity index is 509. The van der Waals surface area contributed by atoms with Gasteiger partial charge < -0.3 is 14.8 Å². The van der Waals surface area contributed by atoms with Gasteiger partial charge in [0, 0.05) is 31.7 Å². The van der Waals surface area contributed by atoms with Crippen LogP contribution in [-0.4, -0.2) is 44.3 Å². The van der Waals surface area contributed by atoms with Gasteiger partial charge in [-0.15, -0.1) is 0 Å². The first kappa shape index (κ1) is 14.9. The third-order valence-electron chi connectivity index (χ3n) is 4.57. The number of hydrogen-bond donors (Lipinski definition) is 1. The predicted molar refractivity (Wildman–Crippen MR) is 84.4 cm³/mol. The molecule has 0 aliphatic carbocycles. The van der Waals surface area contributed by atoms with Crippen LogP contribution in [-0.2, 0) is 6.54 Å². The molecule has 2 aliphatic rings. The van der Waals surface area contributed by atoms with Crippen LogP contribution < -0.4 is 14.8 Å². The second-order valence-electron chi connectivity index (χ2n) is 5.94. The van der Waals surface area contributed by atoms with Crippen LogP contribution in [0, 0.1) is 0 Å². The molecule has 2 fully saturated rings. The topological polar surface area (TPSA) is 33.7 Å². The average Bonchev–Trinajstić information content (AvgIpc) is 2.83. The SMILES string of the molecule is COc1ccc(CN2CCC3CCC(C2)N3)c(Cl)c1OC. The molecule has 1 N–H and O–H groups in total. The minimum Gasteiger partial charge on any atom is -0.493 e. The molecule has 0 amide bonds. The zero-order valence-corrected chi connectivity index (χ0v) is 13.4. The van der Waals surface area contributed by atoms with Crippen molar-refractivity contribution in [3.05, 3.63) is 22.7 Å². The Hall–Kier alpha value is -0.970. The summed E-state index contributed by atoms with van der Waals surface area (Å²) in [5, 5.41) is 4.37. The number of nitrogens with zero attached hydrogens (tertiary/aromatic N) is 1. The fraction of sp³-hybridized carbons (Fsp3) is 0.625. The lowest BCUT2D eigenvalue weighted by molar-refractivity contribution is 0.250. The van der Waals surface area contributed by atoms with Crippen molar-refractivity contribution >= 4 is 11.6 Å². The van der Waals surface area contributed by atoms with Crippen molar-refractivity contribution in [3.8, 4) is 11.5 Å². The van der Waals surface area contributed by atoms with Gasteiger partial charge in [-0.25, -0.2) is 0 Å². The molecule has 0 radical (unpaired) electrons. The van der Waals surface area contributed by atoms with Crippen molar-refractivity contribution in [2.24, 2.45) is 0 Å². The maximum Gasteiger partial charge on any atom is 0.179 e. The highest BCUT2D eigenvalue weighted by molar-refractivity contribution is 6.33. The summed E-state index contributed by atoms with van der Waals surface area (Å²) in [5.41, 5.74) is 1.10. The lowest BCUT2D eigenvalue weighted by atomic mass is 10.1. The van der Waals surface area contributed by atoms with E-state index in [1.165, 1.54) is 19.3 Å². The molecule has 2 atom stereocenters. The quantitative estimate of drug-likeness (QED) is 0.927. The van der Waals surface area contributed by atoms with Crippen molar-refractivity contribution in [1.82, 2.24) is 10.2 Å². The summed E-state index contributed by atoms with van der Waals surface area (Å²) >= 11 is 6.48. The van der Waals surface area contributed by atoms with E-state index in [1.807, 2.05) is 12.1 Å². The first-order valence-electron chi connectivity index (χ1n) is 7.59. The molecule has 0 saturated carbocycles. The maximum absolute atomic E-state index is 6.48. The van der Waals surface area contributed by atoms with Gasteiger partial charge in [-0.05, 0) is 30.9 Å². The third-order valence-corrected chi connectivity index (χ3v) is 4.98. The number of ether oxygens (including phenoxy) is 2. The van der Waals surface area contributed by atoms with E-state index in [0.29, 0.717) is 28.6 Å². The maximum atomic E-state index is 6.48. The molecule has 1 aromatic rings. The molecule has 2 heterocycles. The molecular formula is C16H23ClN2O2. The lowest BCUT2D eigenvalue weighted by Gasteiger charge is -2.25. The summed E-state index contributed by atoms with van der Waals surface area (Å²) in [7, 11) is 3.26. The van der Waals surface area contributed by atoms with Crippen LogP contribution in [0.1, 0.15) is 24.8 Å². The van der Waals surface area contributed by atoms with Gasteiger partial charge in [0.05, 0.1) is 19.2 Å². The lowest BCUT2D eigenvalue weighted by Crippen LogP contribution is -2.35. The monoisotopic (exact) mass is 310 g/mol. The summed E-state index contributed by atoms with van der Waals surface area (Å²) < 4.78 is 10.7. The Morgan fingerprint density at radius 3 is 2.76 bits per heavy atom. The summed E-state index contributed by atoms with van der Waals surface area (Å²) in [4.78, 5) is 2.49. The molecule has 2 bridgehead atoms. The van der Waals surface area contributed by atoms with Crippen molar-refractivity contribution < 1.29 is 9.47 Å². The second kappa shape index (κ2) is 6.42. The Morgan fingerprint density at radius 2 is 2.00 bits per heavy atom. The summed E-state index contributed by atoms with van der Waals surface area (Å²) in [5.74, 6) is 1.31. The number of likely N-dealkylation sites (tertiary alicyclic amines) is 1. The van der Waals surface area contributed by atoms with Crippen molar-refractivity contribution in [2.75, 3.05) is 27.3 Å². The van der Waals surface area contributed by atoms with Crippen LogP contribution in [0.4, 0.5) is 0 Å². The van der Waals surface area contributed by atoms with E-state index in [4.69, 9.17) is 21.1 Å². The van der Waals surface area contributed by atoms with Crippen LogP contribution in [0.5, 0.6) is 11.5 Å². The van der Waals surface area contributed by atoms with Crippen LogP contribution >= 0.6 is 11.6 Å². The van der Waals surface area contributed by atoms with Crippen molar-refractivity contribution in [1.29, 1.82) is 0 Å². The molecule has 2 aliphatic heterocycles. The van der Waals surface area contributed by atoms with E-state index in [-0.39, 0.29) is 0 Å². The molecule has 116 valence electrons. The van der Waals surface area contributed by atoms with Crippen molar-refractivity contribution in [3.63, 3.8) is 0 Å². The smallest absolute Gasteiger partial charge is 0.179 e. The van der Waals surface area contributed by atoms with E-state index < -0.39 is 0 Å². The van der Waals surface area contributed by atoms with Gasteiger partial charge in [-0.1, -0.05) is 17.7 Å². The molecule has 3 rings (SSSR count). The Morgan fingerprint density at radius 1 is 1.19 bits per heavy atom. The predicted octanol–water partition coefficient (Wildman–Crippen LogP) is 2.68. The van der Waals surface area contributed by atoms with Gasteiger partial charge in [0.25, 0.3) is 0 Å². The van der Waals surface area contributed by atoms with Gasteiger partial charge in [0.15, 0.2) is 11.5 Å². The van der Waals surface area contributed by atoms with Gasteiger partial charge in [-0.3, -0.25) is 4.90 Å². The highest BCUT2D eigenvalue weighted by atomic mass is 35.5. The van der Waals surface area contributed by atoms with Crippen LogP contribution in [0.2, 0.25) is 5.02 Å². The fourth-order valence-corrected chi connectivity index (χ4v) is 3.75. The average molecular weight is 311 g/mol. The first-order valence-corrected chi connectivity index (χ1v) is 7.96. The number of methoxy groups -OCH3 is 2. The number of halogens is 1. The van der Waals surface area contributed by atoms with Gasteiger partial charge in [-0.2, -0.15) is 0 Å². The molecule has 21 heavy (non-hydrogen) atoms. The number of benzene rings is 1. The Balaban J connectivity index is 1.75. The number of fused-ring (bicyclic) bond motifs is 2. The van der Waals surface area contributed by atoms with Crippen LogP contribution in [0.15, 0.2) is 12.1 Å².